The first-order chi connectivity index (χ1) is 8.58. The largest absolute Gasteiger partial charge is 0.391 e. The number of nitrogens with two attached hydrogens (primary N) is 1. The van der Waals surface area contributed by atoms with E-state index >= 15 is 0 Å². The van der Waals surface area contributed by atoms with Crippen LogP contribution in [-0.2, 0) is 0 Å². The van der Waals surface area contributed by atoms with Gasteiger partial charge in [-0.05, 0) is 31.9 Å². The van der Waals surface area contributed by atoms with Crippen LogP contribution in [0.15, 0.2) is 18.2 Å². The number of hydrogen-bond donors (Lipinski definition) is 2. The van der Waals surface area contributed by atoms with Crippen LogP contribution in [0.1, 0.15) is 37.7 Å². The molecule has 2 atom stereocenters. The molecule has 2 aromatic rings. The molecule has 5 heteroatoms. The number of hydrogen-bond acceptors (Lipinski definition) is 3. The van der Waals surface area contributed by atoms with Gasteiger partial charge in [0.15, 0.2) is 0 Å². The lowest BCUT2D eigenvalue weighted by Crippen LogP contribution is -2.26. The fraction of sp³-hybridized carbons (Fsp3) is 0.462. The van der Waals surface area contributed by atoms with Crippen LogP contribution in [0.3, 0.4) is 0 Å². The van der Waals surface area contributed by atoms with Gasteiger partial charge in [-0.25, -0.2) is 9.37 Å². The topological polar surface area (TPSA) is 64.1 Å². The fourth-order valence-electron chi connectivity index (χ4n) is 2.26. The molecule has 3 rings (SSSR count). The maximum absolute atomic E-state index is 13.2. The SMILES string of the molecule is CC(O)C(N)c1nc2cc(F)ccc2n1C1CC1. The Bertz CT molecular complexity index is 589. The molecule has 0 amide bonds. The zero-order valence-electron chi connectivity index (χ0n) is 10.2. The van der Waals surface area contributed by atoms with E-state index < -0.39 is 12.1 Å². The average Bonchev–Trinajstić information content (AvgIpc) is 3.09. The lowest BCUT2D eigenvalue weighted by atomic mass is 10.2. The molecule has 1 aliphatic carbocycles. The predicted octanol–water partition coefficient (Wildman–Crippen LogP) is 1.89. The first-order valence-electron chi connectivity index (χ1n) is 6.19. The van der Waals surface area contributed by atoms with Gasteiger partial charge >= 0.3 is 0 Å². The molecule has 1 saturated carbocycles. The zero-order chi connectivity index (χ0) is 12.9. The molecule has 0 saturated heterocycles. The zero-order valence-corrected chi connectivity index (χ0v) is 10.2. The monoisotopic (exact) mass is 249 g/mol. The Morgan fingerprint density at radius 1 is 1.50 bits per heavy atom. The van der Waals surface area contributed by atoms with Crippen molar-refractivity contribution in [2.45, 2.75) is 38.0 Å². The molecule has 3 N–H and O–H groups in total. The molecule has 96 valence electrons. The molecule has 0 spiro atoms. The normalized spacial score (nSPS) is 19.1. The van der Waals surface area contributed by atoms with Crippen molar-refractivity contribution in [1.29, 1.82) is 0 Å². The summed E-state index contributed by atoms with van der Waals surface area (Å²) < 4.78 is 15.3. The van der Waals surface area contributed by atoms with Crippen molar-refractivity contribution in [2.24, 2.45) is 5.73 Å². The van der Waals surface area contributed by atoms with Crippen molar-refractivity contribution in [3.05, 3.63) is 29.8 Å². The number of aromatic nitrogens is 2. The van der Waals surface area contributed by atoms with Crippen molar-refractivity contribution < 1.29 is 9.50 Å². The number of benzene rings is 1. The molecule has 0 aliphatic heterocycles. The van der Waals surface area contributed by atoms with Gasteiger partial charge in [0.05, 0.1) is 23.2 Å². The van der Waals surface area contributed by atoms with Gasteiger partial charge in [0.2, 0.25) is 0 Å². The molecule has 2 unspecified atom stereocenters. The molecule has 1 aromatic carbocycles. The summed E-state index contributed by atoms with van der Waals surface area (Å²) in [6.07, 6.45) is 1.49. The number of aliphatic hydroxyl groups excluding tert-OH is 1. The molecular formula is C13H16FN3O. The highest BCUT2D eigenvalue weighted by atomic mass is 19.1. The van der Waals surface area contributed by atoms with Crippen molar-refractivity contribution in [2.75, 3.05) is 0 Å². The van der Waals surface area contributed by atoms with Gasteiger partial charge in [0, 0.05) is 12.1 Å². The van der Waals surface area contributed by atoms with Crippen molar-refractivity contribution in [1.82, 2.24) is 9.55 Å². The maximum Gasteiger partial charge on any atom is 0.129 e. The quantitative estimate of drug-likeness (QED) is 0.873. The van der Waals surface area contributed by atoms with Crippen LogP contribution in [-0.4, -0.2) is 20.8 Å². The van der Waals surface area contributed by atoms with Crippen LogP contribution in [0.4, 0.5) is 4.39 Å². The Morgan fingerprint density at radius 2 is 2.22 bits per heavy atom. The molecule has 1 aromatic heterocycles. The second-order valence-electron chi connectivity index (χ2n) is 4.97. The number of rotatable bonds is 3. The number of halogens is 1. The highest BCUT2D eigenvalue weighted by Gasteiger charge is 2.31. The summed E-state index contributed by atoms with van der Waals surface area (Å²) in [5.74, 6) is 0.341. The number of nitrogens with zero attached hydrogens (tertiary/aromatic N) is 2. The van der Waals surface area contributed by atoms with E-state index in [0.29, 0.717) is 17.4 Å². The van der Waals surface area contributed by atoms with E-state index in [1.54, 1.807) is 13.0 Å². The molecule has 1 heterocycles. The molecule has 18 heavy (non-hydrogen) atoms. The summed E-state index contributed by atoms with van der Waals surface area (Å²) in [6.45, 7) is 1.64. The molecule has 1 aliphatic rings. The van der Waals surface area contributed by atoms with E-state index in [2.05, 4.69) is 4.98 Å². The van der Waals surface area contributed by atoms with E-state index in [-0.39, 0.29) is 5.82 Å². The minimum Gasteiger partial charge on any atom is -0.391 e. The lowest BCUT2D eigenvalue weighted by molar-refractivity contribution is 0.159. The first-order valence-corrected chi connectivity index (χ1v) is 6.19. The summed E-state index contributed by atoms with van der Waals surface area (Å²) in [4.78, 5) is 4.39. The second-order valence-corrected chi connectivity index (χ2v) is 4.97. The highest BCUT2D eigenvalue weighted by Crippen LogP contribution is 2.40. The summed E-state index contributed by atoms with van der Waals surface area (Å²) in [7, 11) is 0. The maximum atomic E-state index is 13.2. The van der Waals surface area contributed by atoms with Crippen LogP contribution >= 0.6 is 0 Å². The summed E-state index contributed by atoms with van der Waals surface area (Å²) in [5, 5.41) is 9.63. The first kappa shape index (κ1) is 11.6. The van der Waals surface area contributed by atoms with Crippen molar-refractivity contribution >= 4 is 11.0 Å². The van der Waals surface area contributed by atoms with Crippen LogP contribution < -0.4 is 5.73 Å². The van der Waals surface area contributed by atoms with Crippen LogP contribution in [0.2, 0.25) is 0 Å². The standard InChI is InChI=1S/C13H16FN3O/c1-7(18)12(15)13-16-10-6-8(14)2-5-11(10)17(13)9-3-4-9/h2,5-7,9,12,18H,3-4,15H2,1H3. The van der Waals surface area contributed by atoms with Gasteiger partial charge in [0.1, 0.15) is 11.6 Å². The van der Waals surface area contributed by atoms with E-state index in [1.165, 1.54) is 12.1 Å². The van der Waals surface area contributed by atoms with Crippen LogP contribution in [0, 0.1) is 5.82 Å². The van der Waals surface area contributed by atoms with Crippen LogP contribution in [0.25, 0.3) is 11.0 Å². The van der Waals surface area contributed by atoms with Crippen LogP contribution in [0.5, 0.6) is 0 Å². The smallest absolute Gasteiger partial charge is 0.129 e. The van der Waals surface area contributed by atoms with E-state index in [1.807, 2.05) is 4.57 Å². The van der Waals surface area contributed by atoms with Gasteiger partial charge in [-0.15, -0.1) is 0 Å². The van der Waals surface area contributed by atoms with Crippen molar-refractivity contribution in [3.63, 3.8) is 0 Å². The fourth-order valence-corrected chi connectivity index (χ4v) is 2.26. The van der Waals surface area contributed by atoms with Gasteiger partial charge in [-0.3, -0.25) is 0 Å². The van der Waals surface area contributed by atoms with E-state index in [0.717, 1.165) is 18.4 Å². The van der Waals surface area contributed by atoms with Crippen molar-refractivity contribution in [3.8, 4) is 0 Å². The predicted molar refractivity (Wildman–Crippen MR) is 66.6 cm³/mol. The molecular weight excluding hydrogens is 233 g/mol. The molecule has 0 bridgehead atoms. The Morgan fingerprint density at radius 3 is 2.83 bits per heavy atom. The summed E-state index contributed by atoms with van der Waals surface area (Å²) in [6, 6.07) is 4.42. The number of aliphatic hydroxyl groups is 1. The Kier molecular flexibility index (Phi) is 2.60. The Hall–Kier alpha value is -1.46. The van der Waals surface area contributed by atoms with E-state index in [4.69, 9.17) is 5.73 Å². The summed E-state index contributed by atoms with van der Waals surface area (Å²) >= 11 is 0. The number of imidazole rings is 1. The third-order valence-electron chi connectivity index (χ3n) is 3.41. The molecule has 4 nitrogen and oxygen atoms in total. The Balaban J connectivity index is 2.20. The van der Waals surface area contributed by atoms with Gasteiger partial charge in [-0.2, -0.15) is 0 Å². The molecule has 0 radical (unpaired) electrons. The minimum atomic E-state index is -0.677. The van der Waals surface area contributed by atoms with Gasteiger partial charge < -0.3 is 15.4 Å². The summed E-state index contributed by atoms with van der Waals surface area (Å²) in [5.41, 5.74) is 7.48. The molecule has 1 fully saturated rings. The third-order valence-corrected chi connectivity index (χ3v) is 3.41. The van der Waals surface area contributed by atoms with Gasteiger partial charge in [0.25, 0.3) is 0 Å². The van der Waals surface area contributed by atoms with Gasteiger partial charge in [-0.1, -0.05) is 0 Å². The minimum absolute atomic E-state index is 0.305. The van der Waals surface area contributed by atoms with E-state index in [9.17, 15) is 9.50 Å². The highest BCUT2D eigenvalue weighted by molar-refractivity contribution is 5.76. The number of fused-ring (bicyclic) bond motifs is 1. The lowest BCUT2D eigenvalue weighted by Gasteiger charge is -2.16. The third kappa shape index (κ3) is 1.79. The second kappa shape index (κ2) is 4.03. The average molecular weight is 249 g/mol. The Labute approximate surface area is 104 Å².